The van der Waals surface area contributed by atoms with Crippen molar-refractivity contribution < 1.29 is 14.6 Å². The van der Waals surface area contributed by atoms with E-state index in [-0.39, 0.29) is 6.42 Å². The molecule has 0 amide bonds. The highest BCUT2D eigenvalue weighted by Gasteiger charge is 2.11. The third kappa shape index (κ3) is 4.78. The number of benzene rings is 3. The monoisotopic (exact) mass is 386 g/mol. The quantitative estimate of drug-likeness (QED) is 0.576. The minimum absolute atomic E-state index is 0.133. The van der Waals surface area contributed by atoms with Crippen LogP contribution >= 0.6 is 23.2 Å². The highest BCUT2D eigenvalue weighted by molar-refractivity contribution is 6.35. The number of halogens is 2. The zero-order valence-corrected chi connectivity index (χ0v) is 15.3. The number of carbonyl (C=O) groups is 1. The van der Waals surface area contributed by atoms with Gasteiger partial charge in [-0.2, -0.15) is 0 Å². The first kappa shape index (κ1) is 18.3. The maximum atomic E-state index is 11.3. The summed E-state index contributed by atoms with van der Waals surface area (Å²) >= 11 is 12.1. The van der Waals surface area contributed by atoms with Crippen LogP contribution in [-0.2, 0) is 17.8 Å². The lowest BCUT2D eigenvalue weighted by Gasteiger charge is -2.13. The number of hydrogen-bond acceptors (Lipinski definition) is 2. The van der Waals surface area contributed by atoms with E-state index in [0.29, 0.717) is 28.0 Å². The third-order valence-electron chi connectivity index (χ3n) is 3.84. The lowest BCUT2D eigenvalue weighted by molar-refractivity contribution is -0.136. The number of hydrogen-bond donors (Lipinski definition) is 1. The summed E-state index contributed by atoms with van der Waals surface area (Å²) in [6, 6.07) is 20.4. The SMILES string of the molecule is O=C(O)Cc1cc(-c2cc(Cl)cc(Cl)c2)ccc1OCc1ccccc1. The van der Waals surface area contributed by atoms with Crippen LogP contribution in [0.1, 0.15) is 11.1 Å². The van der Waals surface area contributed by atoms with Crippen LogP contribution in [0.3, 0.4) is 0 Å². The Kier molecular flexibility index (Phi) is 5.82. The Hall–Kier alpha value is -2.49. The second kappa shape index (κ2) is 8.26. The van der Waals surface area contributed by atoms with E-state index < -0.39 is 5.97 Å². The molecule has 5 heteroatoms. The number of carboxylic acids is 1. The standard InChI is InChI=1S/C21H16Cl2O3/c22-18-9-16(10-19(23)12-18)15-6-7-20(17(8-15)11-21(24)25)26-13-14-4-2-1-3-5-14/h1-10,12H,11,13H2,(H,24,25). The molecule has 0 fully saturated rings. The summed E-state index contributed by atoms with van der Waals surface area (Å²) in [4.78, 5) is 11.3. The van der Waals surface area contributed by atoms with Crippen molar-refractivity contribution in [2.24, 2.45) is 0 Å². The van der Waals surface area contributed by atoms with Gasteiger partial charge in [0.1, 0.15) is 12.4 Å². The summed E-state index contributed by atoms with van der Waals surface area (Å²) in [5, 5.41) is 10.3. The number of ether oxygens (including phenoxy) is 1. The van der Waals surface area contributed by atoms with Gasteiger partial charge in [0, 0.05) is 15.6 Å². The fourth-order valence-corrected chi connectivity index (χ4v) is 3.18. The Morgan fingerprint density at radius 2 is 1.58 bits per heavy atom. The summed E-state index contributed by atoms with van der Waals surface area (Å²) in [5.41, 5.74) is 3.27. The second-order valence-electron chi connectivity index (χ2n) is 5.83. The van der Waals surface area contributed by atoms with Gasteiger partial charge in [0.05, 0.1) is 6.42 Å². The zero-order chi connectivity index (χ0) is 18.5. The first-order chi connectivity index (χ1) is 12.5. The van der Waals surface area contributed by atoms with Crippen molar-refractivity contribution in [1.29, 1.82) is 0 Å². The van der Waals surface area contributed by atoms with Gasteiger partial charge in [-0.05, 0) is 47.0 Å². The van der Waals surface area contributed by atoms with Crippen molar-refractivity contribution in [1.82, 2.24) is 0 Å². The third-order valence-corrected chi connectivity index (χ3v) is 4.27. The summed E-state index contributed by atoms with van der Waals surface area (Å²) in [5.74, 6) is -0.371. The Bertz CT molecular complexity index is 904. The Balaban J connectivity index is 1.91. The first-order valence-corrected chi connectivity index (χ1v) is 8.75. The summed E-state index contributed by atoms with van der Waals surface area (Å²) in [6.07, 6.45) is -0.133. The molecule has 0 aliphatic rings. The molecule has 3 aromatic carbocycles. The van der Waals surface area contributed by atoms with E-state index in [1.54, 1.807) is 30.3 Å². The molecular weight excluding hydrogens is 371 g/mol. The van der Waals surface area contributed by atoms with Crippen LogP contribution in [0.4, 0.5) is 0 Å². The minimum atomic E-state index is -0.921. The lowest BCUT2D eigenvalue weighted by atomic mass is 10.0. The van der Waals surface area contributed by atoms with E-state index in [9.17, 15) is 9.90 Å². The molecule has 3 nitrogen and oxygen atoms in total. The summed E-state index contributed by atoms with van der Waals surface area (Å²) in [6.45, 7) is 0.371. The average molecular weight is 387 g/mol. The molecular formula is C21H16Cl2O3. The van der Waals surface area contributed by atoms with Crippen molar-refractivity contribution in [3.8, 4) is 16.9 Å². The molecule has 132 valence electrons. The van der Waals surface area contributed by atoms with Crippen LogP contribution in [0.15, 0.2) is 66.7 Å². The minimum Gasteiger partial charge on any atom is -0.489 e. The van der Waals surface area contributed by atoms with Gasteiger partial charge in [-0.25, -0.2) is 0 Å². The van der Waals surface area contributed by atoms with E-state index in [2.05, 4.69) is 0 Å². The van der Waals surface area contributed by atoms with Crippen LogP contribution in [0.25, 0.3) is 11.1 Å². The largest absolute Gasteiger partial charge is 0.489 e. The molecule has 0 radical (unpaired) electrons. The van der Waals surface area contributed by atoms with Gasteiger partial charge in [-0.3, -0.25) is 4.79 Å². The smallest absolute Gasteiger partial charge is 0.307 e. The Labute approximate surface area is 161 Å². The lowest BCUT2D eigenvalue weighted by Crippen LogP contribution is -2.04. The molecule has 0 atom stereocenters. The normalized spacial score (nSPS) is 10.5. The fourth-order valence-electron chi connectivity index (χ4n) is 2.66. The van der Waals surface area contributed by atoms with Crippen molar-refractivity contribution in [2.75, 3.05) is 0 Å². The number of rotatable bonds is 6. The molecule has 26 heavy (non-hydrogen) atoms. The number of carboxylic acid groups (broad SMARTS) is 1. The molecule has 0 aliphatic carbocycles. The van der Waals surface area contributed by atoms with E-state index >= 15 is 0 Å². The van der Waals surface area contributed by atoms with Crippen molar-refractivity contribution in [3.63, 3.8) is 0 Å². The van der Waals surface area contributed by atoms with Crippen molar-refractivity contribution in [3.05, 3.63) is 87.9 Å². The van der Waals surface area contributed by atoms with Gasteiger partial charge >= 0.3 is 5.97 Å². The van der Waals surface area contributed by atoms with Gasteiger partial charge in [-0.1, -0.05) is 59.6 Å². The maximum Gasteiger partial charge on any atom is 0.307 e. The molecule has 3 aromatic rings. The molecule has 1 N–H and O–H groups in total. The maximum absolute atomic E-state index is 11.3. The second-order valence-corrected chi connectivity index (χ2v) is 6.70. The molecule has 0 bridgehead atoms. The van der Waals surface area contributed by atoms with Crippen LogP contribution in [0.5, 0.6) is 5.75 Å². The predicted molar refractivity (Wildman–Crippen MR) is 104 cm³/mol. The zero-order valence-electron chi connectivity index (χ0n) is 13.8. The molecule has 0 unspecified atom stereocenters. The van der Waals surface area contributed by atoms with Gasteiger partial charge < -0.3 is 9.84 Å². The van der Waals surface area contributed by atoms with Gasteiger partial charge in [0.15, 0.2) is 0 Å². The van der Waals surface area contributed by atoms with E-state index in [1.807, 2.05) is 36.4 Å². The Morgan fingerprint density at radius 3 is 2.23 bits per heavy atom. The molecule has 3 rings (SSSR count). The molecule has 0 saturated carbocycles. The molecule has 0 aliphatic heterocycles. The first-order valence-electron chi connectivity index (χ1n) is 7.99. The van der Waals surface area contributed by atoms with Gasteiger partial charge in [0.25, 0.3) is 0 Å². The van der Waals surface area contributed by atoms with Crippen LogP contribution < -0.4 is 4.74 Å². The van der Waals surface area contributed by atoms with E-state index in [1.165, 1.54) is 0 Å². The topological polar surface area (TPSA) is 46.5 Å². The van der Waals surface area contributed by atoms with Crippen LogP contribution in [-0.4, -0.2) is 11.1 Å². The van der Waals surface area contributed by atoms with Gasteiger partial charge in [0.2, 0.25) is 0 Å². The van der Waals surface area contributed by atoms with E-state index in [0.717, 1.165) is 16.7 Å². The van der Waals surface area contributed by atoms with Crippen LogP contribution in [0.2, 0.25) is 10.0 Å². The van der Waals surface area contributed by atoms with Crippen molar-refractivity contribution >= 4 is 29.2 Å². The molecule has 0 aromatic heterocycles. The highest BCUT2D eigenvalue weighted by atomic mass is 35.5. The molecule has 0 spiro atoms. The summed E-state index contributed by atoms with van der Waals surface area (Å²) in [7, 11) is 0. The predicted octanol–water partition coefficient (Wildman–Crippen LogP) is 5.87. The molecule has 0 heterocycles. The highest BCUT2D eigenvalue weighted by Crippen LogP contribution is 2.31. The fraction of sp³-hybridized carbons (Fsp3) is 0.0952. The van der Waals surface area contributed by atoms with Crippen LogP contribution in [0, 0.1) is 0 Å². The van der Waals surface area contributed by atoms with E-state index in [4.69, 9.17) is 27.9 Å². The Morgan fingerprint density at radius 1 is 0.885 bits per heavy atom. The molecule has 0 saturated heterocycles. The number of aliphatic carboxylic acids is 1. The van der Waals surface area contributed by atoms with Gasteiger partial charge in [-0.15, -0.1) is 0 Å². The summed E-state index contributed by atoms with van der Waals surface area (Å²) < 4.78 is 5.85. The average Bonchev–Trinajstić information content (AvgIpc) is 2.60. The van der Waals surface area contributed by atoms with Crippen molar-refractivity contribution in [2.45, 2.75) is 13.0 Å².